The highest BCUT2D eigenvalue weighted by atomic mass is 79.9. The summed E-state index contributed by atoms with van der Waals surface area (Å²) in [6, 6.07) is 5.88. The van der Waals surface area contributed by atoms with Crippen molar-refractivity contribution in [2.45, 2.75) is 0 Å². The van der Waals surface area contributed by atoms with E-state index < -0.39 is 0 Å². The standard InChI is InChI=1S/C10H5BrFN/c11-5-1-2-8-6-10(12)4-3-9(8)7-13/h3-4,6H,5H2. The van der Waals surface area contributed by atoms with Gasteiger partial charge in [0.2, 0.25) is 0 Å². The number of halogens is 2. The maximum Gasteiger partial charge on any atom is 0.124 e. The van der Waals surface area contributed by atoms with Crippen molar-refractivity contribution in [3.63, 3.8) is 0 Å². The first-order chi connectivity index (χ1) is 6.27. The molecule has 0 saturated heterocycles. The third kappa shape index (κ3) is 2.57. The summed E-state index contributed by atoms with van der Waals surface area (Å²) in [7, 11) is 0. The van der Waals surface area contributed by atoms with Crippen molar-refractivity contribution in [1.29, 1.82) is 5.26 Å². The summed E-state index contributed by atoms with van der Waals surface area (Å²) in [5, 5.41) is 9.17. The summed E-state index contributed by atoms with van der Waals surface area (Å²) in [5.41, 5.74) is 0.830. The van der Waals surface area contributed by atoms with Crippen molar-refractivity contribution >= 4 is 15.9 Å². The Morgan fingerprint density at radius 3 is 2.77 bits per heavy atom. The lowest BCUT2D eigenvalue weighted by atomic mass is 10.1. The summed E-state index contributed by atoms with van der Waals surface area (Å²) in [6.07, 6.45) is 0. The molecule has 0 aliphatic rings. The minimum atomic E-state index is -0.377. The fourth-order valence-corrected chi connectivity index (χ4v) is 0.986. The zero-order valence-corrected chi connectivity index (χ0v) is 8.23. The topological polar surface area (TPSA) is 23.8 Å². The summed E-state index contributed by atoms with van der Waals surface area (Å²) in [4.78, 5) is 0. The molecule has 0 amide bonds. The molecule has 0 aliphatic heterocycles. The van der Waals surface area contributed by atoms with Crippen molar-refractivity contribution in [1.82, 2.24) is 0 Å². The number of benzene rings is 1. The molecule has 1 nitrogen and oxygen atoms in total. The number of hydrogen-bond acceptors (Lipinski definition) is 1. The third-order valence-electron chi connectivity index (χ3n) is 1.39. The SMILES string of the molecule is N#Cc1ccc(F)cc1C#CCBr. The molecule has 0 unspecified atom stereocenters. The van der Waals surface area contributed by atoms with Crippen molar-refractivity contribution in [2.24, 2.45) is 0 Å². The largest absolute Gasteiger partial charge is 0.207 e. The number of hydrogen-bond donors (Lipinski definition) is 0. The Labute approximate surface area is 84.3 Å². The van der Waals surface area contributed by atoms with Gasteiger partial charge < -0.3 is 0 Å². The molecule has 13 heavy (non-hydrogen) atoms. The Morgan fingerprint density at radius 1 is 1.38 bits per heavy atom. The lowest BCUT2D eigenvalue weighted by Crippen LogP contribution is -1.85. The second kappa shape index (κ2) is 4.64. The molecule has 64 valence electrons. The third-order valence-corrected chi connectivity index (χ3v) is 1.67. The van der Waals surface area contributed by atoms with E-state index in [2.05, 4.69) is 27.8 Å². The van der Waals surface area contributed by atoms with Gasteiger partial charge in [-0.05, 0) is 18.2 Å². The second-order valence-electron chi connectivity index (χ2n) is 2.24. The highest BCUT2D eigenvalue weighted by molar-refractivity contribution is 9.09. The van der Waals surface area contributed by atoms with Crippen LogP contribution in [0.5, 0.6) is 0 Å². The van der Waals surface area contributed by atoms with Crippen LogP contribution in [0.4, 0.5) is 4.39 Å². The van der Waals surface area contributed by atoms with Crippen LogP contribution in [0.2, 0.25) is 0 Å². The molecule has 0 N–H and O–H groups in total. The maximum absolute atomic E-state index is 12.7. The van der Waals surface area contributed by atoms with E-state index in [4.69, 9.17) is 5.26 Å². The Morgan fingerprint density at radius 2 is 2.15 bits per heavy atom. The van der Waals surface area contributed by atoms with Crippen molar-refractivity contribution in [2.75, 3.05) is 5.33 Å². The molecule has 1 aromatic carbocycles. The molecular formula is C10H5BrFN. The molecule has 0 spiro atoms. The monoisotopic (exact) mass is 237 g/mol. The zero-order valence-electron chi connectivity index (χ0n) is 6.64. The average Bonchev–Trinajstić information content (AvgIpc) is 2.15. The second-order valence-corrected chi connectivity index (χ2v) is 2.80. The normalized spacial score (nSPS) is 8.38. The molecule has 0 atom stereocenters. The Hall–Kier alpha value is -1.32. The molecule has 3 heteroatoms. The maximum atomic E-state index is 12.7. The predicted molar refractivity (Wildman–Crippen MR) is 51.8 cm³/mol. The van der Waals surface area contributed by atoms with Crippen molar-refractivity contribution < 1.29 is 4.39 Å². The highest BCUT2D eigenvalue weighted by Gasteiger charge is 1.99. The first-order valence-electron chi connectivity index (χ1n) is 3.52. The van der Waals surface area contributed by atoms with Gasteiger partial charge in [0.25, 0.3) is 0 Å². The predicted octanol–water partition coefficient (Wildman–Crippen LogP) is 2.44. The van der Waals surface area contributed by atoms with Crippen LogP contribution in [0, 0.1) is 29.0 Å². The summed E-state index contributed by atoms with van der Waals surface area (Å²) in [5.74, 6) is 5.03. The van der Waals surface area contributed by atoms with Gasteiger partial charge in [0.1, 0.15) is 11.9 Å². The smallest absolute Gasteiger partial charge is 0.124 e. The fourth-order valence-electron chi connectivity index (χ4n) is 0.846. The van der Waals surface area contributed by atoms with Crippen molar-refractivity contribution in [3.8, 4) is 17.9 Å². The van der Waals surface area contributed by atoms with Gasteiger partial charge in [-0.2, -0.15) is 5.26 Å². The summed E-state index contributed by atoms with van der Waals surface area (Å²) < 4.78 is 12.7. The quantitative estimate of drug-likeness (QED) is 0.503. The Balaban J connectivity index is 3.18. The van der Waals surface area contributed by atoms with Crippen LogP contribution in [-0.2, 0) is 0 Å². The van der Waals surface area contributed by atoms with E-state index in [1.807, 2.05) is 6.07 Å². The zero-order chi connectivity index (χ0) is 9.68. The van der Waals surface area contributed by atoms with Gasteiger partial charge in [-0.25, -0.2) is 4.39 Å². The van der Waals surface area contributed by atoms with Crippen LogP contribution in [-0.4, -0.2) is 5.33 Å². The molecule has 1 aromatic rings. The first-order valence-corrected chi connectivity index (χ1v) is 4.64. The van der Waals surface area contributed by atoms with Crippen LogP contribution >= 0.6 is 15.9 Å². The van der Waals surface area contributed by atoms with Crippen LogP contribution in [0.3, 0.4) is 0 Å². The van der Waals surface area contributed by atoms with Gasteiger partial charge in [0.05, 0.1) is 10.9 Å². The number of rotatable bonds is 0. The Bertz CT molecular complexity index is 409. The number of nitriles is 1. The minimum absolute atomic E-state index is 0.377. The van der Waals surface area contributed by atoms with E-state index in [1.54, 1.807) is 0 Å². The molecule has 0 fully saturated rings. The fraction of sp³-hybridized carbons (Fsp3) is 0.100. The lowest BCUT2D eigenvalue weighted by Gasteiger charge is -1.93. The molecule has 0 aliphatic carbocycles. The molecule has 1 rings (SSSR count). The van der Waals surface area contributed by atoms with Gasteiger partial charge in [-0.3, -0.25) is 0 Å². The average molecular weight is 238 g/mol. The van der Waals surface area contributed by atoms with Crippen LogP contribution < -0.4 is 0 Å². The van der Waals surface area contributed by atoms with E-state index in [0.29, 0.717) is 16.5 Å². The Kier molecular flexibility index (Phi) is 3.49. The lowest BCUT2D eigenvalue weighted by molar-refractivity contribution is 0.627. The van der Waals surface area contributed by atoms with E-state index in [0.717, 1.165) is 0 Å². The van der Waals surface area contributed by atoms with E-state index >= 15 is 0 Å². The van der Waals surface area contributed by atoms with Gasteiger partial charge in [0, 0.05) is 5.56 Å². The number of nitrogens with zero attached hydrogens (tertiary/aromatic N) is 1. The highest BCUT2D eigenvalue weighted by Crippen LogP contribution is 2.08. The summed E-state index contributed by atoms with van der Waals surface area (Å²) in [6.45, 7) is 0. The minimum Gasteiger partial charge on any atom is -0.207 e. The van der Waals surface area contributed by atoms with Crippen LogP contribution in [0.15, 0.2) is 18.2 Å². The molecule has 0 saturated carbocycles. The van der Waals surface area contributed by atoms with Gasteiger partial charge in [-0.1, -0.05) is 27.8 Å². The van der Waals surface area contributed by atoms with E-state index in [-0.39, 0.29) is 5.82 Å². The van der Waals surface area contributed by atoms with Crippen LogP contribution in [0.1, 0.15) is 11.1 Å². The first kappa shape index (κ1) is 9.77. The van der Waals surface area contributed by atoms with Gasteiger partial charge in [0.15, 0.2) is 0 Å². The summed E-state index contributed by atoms with van der Waals surface area (Å²) >= 11 is 3.12. The van der Waals surface area contributed by atoms with Crippen molar-refractivity contribution in [3.05, 3.63) is 35.1 Å². The molecule has 0 radical (unpaired) electrons. The van der Waals surface area contributed by atoms with Gasteiger partial charge >= 0.3 is 0 Å². The molecule has 0 bridgehead atoms. The molecule has 0 aromatic heterocycles. The van der Waals surface area contributed by atoms with Crippen LogP contribution in [0.25, 0.3) is 0 Å². The van der Waals surface area contributed by atoms with Gasteiger partial charge in [-0.15, -0.1) is 0 Å². The molecule has 0 heterocycles. The van der Waals surface area contributed by atoms with E-state index in [9.17, 15) is 4.39 Å². The number of alkyl halides is 1. The molecular weight excluding hydrogens is 233 g/mol. The van der Waals surface area contributed by atoms with E-state index in [1.165, 1.54) is 18.2 Å².